The number of nitro benzene ring substituents is 2. The number of carbonyl (C=O) groups is 4. The Morgan fingerprint density at radius 1 is 0.738 bits per heavy atom. The highest BCUT2D eigenvalue weighted by atomic mass is 16.6. The van der Waals surface area contributed by atoms with E-state index in [4.69, 9.17) is 0 Å². The van der Waals surface area contributed by atoms with Gasteiger partial charge in [0.05, 0.1) is 35.8 Å². The first-order valence-corrected chi connectivity index (χ1v) is 19.7. The average Bonchev–Trinajstić information content (AvgIpc) is 3.26. The Morgan fingerprint density at radius 2 is 1.21 bits per heavy atom. The summed E-state index contributed by atoms with van der Waals surface area (Å²) >= 11 is 0. The second-order valence-corrected chi connectivity index (χ2v) is 14.8. The van der Waals surface area contributed by atoms with Gasteiger partial charge in [0.2, 0.25) is 23.6 Å². The number of nitrogens with one attached hydrogen (secondary N) is 1. The largest absolute Gasteiger partial charge is 0.437 e. The molecule has 4 aromatic rings. The summed E-state index contributed by atoms with van der Waals surface area (Å²) < 4.78 is 0. The monoisotopic (exact) mass is 836 g/mol. The quantitative estimate of drug-likeness (QED) is 0.111. The van der Waals surface area contributed by atoms with Crippen LogP contribution in [0.5, 0.6) is 0 Å². The van der Waals surface area contributed by atoms with Crippen LogP contribution in [0.15, 0.2) is 97.6 Å². The Kier molecular flexibility index (Phi) is 16.1. The van der Waals surface area contributed by atoms with Crippen molar-refractivity contribution in [3.8, 4) is 0 Å². The van der Waals surface area contributed by atoms with Crippen molar-refractivity contribution >= 4 is 42.1 Å². The van der Waals surface area contributed by atoms with Gasteiger partial charge in [0, 0.05) is 101 Å². The summed E-state index contributed by atoms with van der Waals surface area (Å²) in [7, 11) is 2.39. The summed E-state index contributed by atoms with van der Waals surface area (Å²) in [5.74, 6) is -0.944. The van der Waals surface area contributed by atoms with Gasteiger partial charge in [-0.3, -0.25) is 49.4 Å². The number of para-hydroxylation sites is 2. The van der Waals surface area contributed by atoms with Crippen molar-refractivity contribution in [2.24, 2.45) is 0 Å². The predicted molar refractivity (Wildman–Crippen MR) is 224 cm³/mol. The van der Waals surface area contributed by atoms with Gasteiger partial charge in [-0.15, -0.1) is 0 Å². The zero-order chi connectivity index (χ0) is 44.1. The maximum absolute atomic E-state index is 13.4. The van der Waals surface area contributed by atoms with Gasteiger partial charge >= 0.3 is 7.05 Å². The maximum Gasteiger partial charge on any atom is 0.376 e. The van der Waals surface area contributed by atoms with E-state index in [0.29, 0.717) is 43.9 Å². The number of nitrogens with zero attached hydrogens (tertiary/aromatic N) is 9. The van der Waals surface area contributed by atoms with E-state index >= 15 is 0 Å². The van der Waals surface area contributed by atoms with Gasteiger partial charge in [0.1, 0.15) is 12.1 Å². The van der Waals surface area contributed by atoms with Gasteiger partial charge in [-0.05, 0) is 30.1 Å². The van der Waals surface area contributed by atoms with E-state index < -0.39 is 29.0 Å². The molecule has 320 valence electrons. The highest BCUT2D eigenvalue weighted by Crippen LogP contribution is 2.23. The van der Waals surface area contributed by atoms with E-state index in [0.717, 1.165) is 11.1 Å². The zero-order valence-corrected chi connectivity index (χ0v) is 34.3. The van der Waals surface area contributed by atoms with E-state index in [9.17, 15) is 44.4 Å². The Morgan fingerprint density at radius 3 is 1.67 bits per heavy atom. The molecule has 4 amide bonds. The van der Waals surface area contributed by atoms with E-state index in [1.165, 1.54) is 26.8 Å². The molecule has 2 aromatic heterocycles. The first-order chi connectivity index (χ1) is 29.2. The van der Waals surface area contributed by atoms with Crippen molar-refractivity contribution in [2.45, 2.75) is 44.8 Å². The molecule has 4 heterocycles. The lowest BCUT2D eigenvalue weighted by molar-refractivity contribution is -0.385. The molecular weight excluding hydrogens is 787 g/mol. The number of piperazine rings is 2. The summed E-state index contributed by atoms with van der Waals surface area (Å²) in [4.78, 5) is 89.6. The number of benzene rings is 2. The summed E-state index contributed by atoms with van der Waals surface area (Å²) in [6.45, 7) is 4.03. The van der Waals surface area contributed by atoms with Crippen LogP contribution in [-0.4, -0.2) is 145 Å². The van der Waals surface area contributed by atoms with Crippen molar-refractivity contribution in [2.75, 3.05) is 53.4 Å². The fourth-order valence-electron chi connectivity index (χ4n) is 7.26. The molecule has 61 heavy (non-hydrogen) atoms. The number of amides is 4. The Balaban J connectivity index is 0.000000232. The van der Waals surface area contributed by atoms with Crippen LogP contribution in [0.2, 0.25) is 6.82 Å². The minimum Gasteiger partial charge on any atom is -0.437 e. The Labute approximate surface area is 353 Å². The smallest absolute Gasteiger partial charge is 0.376 e. The third kappa shape index (κ3) is 12.2. The molecule has 6 rings (SSSR count). The van der Waals surface area contributed by atoms with Gasteiger partial charge in [0.15, 0.2) is 0 Å². The fourth-order valence-corrected chi connectivity index (χ4v) is 7.26. The third-order valence-electron chi connectivity index (χ3n) is 10.5. The topological polar surface area (TPSA) is 229 Å². The van der Waals surface area contributed by atoms with Gasteiger partial charge in [-0.25, -0.2) is 0 Å². The van der Waals surface area contributed by atoms with Crippen molar-refractivity contribution in [1.29, 1.82) is 0 Å². The minimum absolute atomic E-state index is 0.0292. The third-order valence-corrected chi connectivity index (χ3v) is 10.5. The lowest BCUT2D eigenvalue weighted by Gasteiger charge is -2.42. The number of nitro groups is 2. The van der Waals surface area contributed by atoms with Crippen molar-refractivity contribution < 1.29 is 34.0 Å². The summed E-state index contributed by atoms with van der Waals surface area (Å²) in [5.41, 5.74) is 2.30. The Bertz CT molecular complexity index is 2170. The summed E-state index contributed by atoms with van der Waals surface area (Å²) in [6.07, 6.45) is 6.80. The van der Waals surface area contributed by atoms with Crippen LogP contribution in [-0.2, 0) is 45.1 Å². The molecule has 2 N–H and O–H groups in total. The molecule has 0 spiro atoms. The van der Waals surface area contributed by atoms with E-state index in [1.807, 2.05) is 6.07 Å². The van der Waals surface area contributed by atoms with Crippen LogP contribution in [0.4, 0.5) is 11.4 Å². The SMILES string of the molecule is CB(O)N1CCN(C(=O)Cc2cccnc2)C(C(=O)N(C)Cc2ccccc2[N+](=O)[O-])C1.CN(Cc1ccccc1[N+](=O)[O-])C(=O)C1CNCCN1C(=O)Cc1cccnc1. The van der Waals surface area contributed by atoms with Crippen molar-refractivity contribution in [1.82, 2.24) is 39.7 Å². The summed E-state index contributed by atoms with van der Waals surface area (Å²) in [5, 5.41) is 35.7. The summed E-state index contributed by atoms with van der Waals surface area (Å²) in [6, 6.07) is 18.3. The molecule has 0 saturated carbocycles. The van der Waals surface area contributed by atoms with Crippen LogP contribution in [0.1, 0.15) is 22.3 Å². The molecule has 20 heteroatoms. The zero-order valence-electron chi connectivity index (χ0n) is 34.3. The van der Waals surface area contributed by atoms with E-state index in [2.05, 4.69) is 15.3 Å². The van der Waals surface area contributed by atoms with Crippen molar-refractivity contribution in [3.63, 3.8) is 0 Å². The van der Waals surface area contributed by atoms with Crippen LogP contribution in [0, 0.1) is 20.2 Å². The lowest BCUT2D eigenvalue weighted by Crippen LogP contribution is -2.63. The number of carbonyl (C=O) groups excluding carboxylic acids is 4. The number of likely N-dealkylation sites (N-methyl/N-ethyl adjacent to an activating group) is 2. The van der Waals surface area contributed by atoms with Crippen LogP contribution < -0.4 is 5.32 Å². The molecule has 2 unspecified atom stereocenters. The molecule has 2 aromatic carbocycles. The number of rotatable bonds is 13. The second kappa shape index (κ2) is 21.6. The molecule has 0 aliphatic carbocycles. The molecular formula is C41H49BN10O9. The van der Waals surface area contributed by atoms with E-state index in [-0.39, 0.29) is 67.5 Å². The fraction of sp³-hybridized carbons (Fsp3) is 0.366. The second-order valence-electron chi connectivity index (χ2n) is 14.8. The van der Waals surface area contributed by atoms with Crippen LogP contribution in [0.3, 0.4) is 0 Å². The van der Waals surface area contributed by atoms with Crippen molar-refractivity contribution in [3.05, 3.63) is 140 Å². The molecule has 2 aliphatic rings. The highest BCUT2D eigenvalue weighted by molar-refractivity contribution is 6.45. The number of hydrogen-bond donors (Lipinski definition) is 2. The molecule has 2 fully saturated rings. The van der Waals surface area contributed by atoms with E-state index in [1.54, 1.807) is 110 Å². The Hall–Kier alpha value is -6.64. The maximum atomic E-state index is 13.4. The van der Waals surface area contributed by atoms with Gasteiger partial charge in [-0.1, -0.05) is 48.5 Å². The highest BCUT2D eigenvalue weighted by Gasteiger charge is 2.39. The number of aromatic nitrogens is 2. The van der Waals surface area contributed by atoms with Crippen LogP contribution in [0.25, 0.3) is 0 Å². The first kappa shape index (κ1) is 45.4. The molecule has 0 bridgehead atoms. The number of hydrogen-bond acceptors (Lipinski definition) is 13. The number of pyridine rings is 2. The first-order valence-electron chi connectivity index (χ1n) is 19.7. The molecule has 2 atom stereocenters. The van der Waals surface area contributed by atoms with Crippen LogP contribution >= 0.6 is 0 Å². The normalized spacial score (nSPS) is 16.4. The lowest BCUT2D eigenvalue weighted by atomic mass is 9.83. The molecule has 0 radical (unpaired) electrons. The van der Waals surface area contributed by atoms with Gasteiger partial charge in [-0.2, -0.15) is 0 Å². The molecule has 2 aliphatic heterocycles. The minimum atomic E-state index is -0.810. The van der Waals surface area contributed by atoms with Gasteiger partial charge < -0.3 is 34.8 Å². The average molecular weight is 837 g/mol. The standard InChI is InChI=1S/C21H26BN5O5.C20H23N5O4/c1-22(30)25-10-11-26(20(28)12-16-6-5-9-23-13-16)19(15-25)21(29)24(2)14-17-7-3-4-8-18(17)27(31)32;1-23(14-16-6-2-3-7-17(16)25(28)29)20(27)18-13-22-9-10-24(18)19(26)11-15-5-4-8-21-12-15/h3-9,13,19,30H,10-12,14-15H2,1-2H3;2-8,12,18,22H,9-11,13-14H2,1H3. The van der Waals surface area contributed by atoms with Gasteiger partial charge in [0.25, 0.3) is 11.4 Å². The molecule has 19 nitrogen and oxygen atoms in total. The molecule has 2 saturated heterocycles. The predicted octanol–water partition coefficient (Wildman–Crippen LogP) is 1.81.